The topological polar surface area (TPSA) is 49.3 Å². The van der Waals surface area contributed by atoms with E-state index in [2.05, 4.69) is 65.4 Å². The van der Waals surface area contributed by atoms with E-state index in [0.29, 0.717) is 18.2 Å². The highest BCUT2D eigenvalue weighted by Gasteiger charge is 2.24. The summed E-state index contributed by atoms with van der Waals surface area (Å²) in [5.74, 6) is 0.989. The Morgan fingerprint density at radius 3 is 2.53 bits per heavy atom. The van der Waals surface area contributed by atoms with E-state index >= 15 is 0 Å². The third kappa shape index (κ3) is 6.69. The van der Waals surface area contributed by atoms with Gasteiger partial charge in [0.05, 0.1) is 24.9 Å². The van der Waals surface area contributed by atoms with Crippen LogP contribution >= 0.6 is 0 Å². The lowest BCUT2D eigenvalue weighted by Gasteiger charge is -2.36. The smallest absolute Gasteiger partial charge is 0.193 e. The van der Waals surface area contributed by atoms with Gasteiger partial charge in [-0.15, -0.1) is 0 Å². The van der Waals surface area contributed by atoms with Crippen molar-refractivity contribution in [1.82, 2.24) is 15.1 Å². The summed E-state index contributed by atoms with van der Waals surface area (Å²) >= 11 is 0. The molecule has 2 heterocycles. The van der Waals surface area contributed by atoms with Gasteiger partial charge in [-0.2, -0.15) is 0 Å². The van der Waals surface area contributed by atoms with Gasteiger partial charge in [0.1, 0.15) is 0 Å². The first-order chi connectivity index (χ1) is 14.6. The molecule has 2 aliphatic heterocycles. The maximum Gasteiger partial charge on any atom is 0.193 e. The quantitative estimate of drug-likeness (QED) is 0.546. The number of nitrogens with zero attached hydrogens (tertiary/aromatic N) is 3. The molecule has 0 spiro atoms. The summed E-state index contributed by atoms with van der Waals surface area (Å²) in [6.45, 7) is 6.56. The minimum absolute atomic E-state index is 0.302. The first kappa shape index (κ1) is 23.0. The SMILES string of the molecule is CN=C(NCC(c1ccc(C)cc1)N(C)C)N1CCC(OCC2CCCCO2)CC1. The molecule has 0 saturated carbocycles. The fraction of sp³-hybridized carbons (Fsp3) is 0.708. The van der Waals surface area contributed by atoms with Gasteiger partial charge >= 0.3 is 0 Å². The molecule has 0 amide bonds. The van der Waals surface area contributed by atoms with Crippen molar-refractivity contribution in [2.45, 2.75) is 57.3 Å². The summed E-state index contributed by atoms with van der Waals surface area (Å²) in [7, 11) is 6.14. The summed E-state index contributed by atoms with van der Waals surface area (Å²) in [6.07, 6.45) is 6.34. The number of hydrogen-bond acceptors (Lipinski definition) is 4. The Bertz CT molecular complexity index is 648. The van der Waals surface area contributed by atoms with Gasteiger partial charge in [0.15, 0.2) is 5.96 Å². The summed E-state index contributed by atoms with van der Waals surface area (Å²) in [5.41, 5.74) is 2.62. The fourth-order valence-corrected chi connectivity index (χ4v) is 4.32. The number of hydrogen-bond donors (Lipinski definition) is 1. The van der Waals surface area contributed by atoms with E-state index in [1.165, 1.54) is 24.0 Å². The lowest BCUT2D eigenvalue weighted by molar-refractivity contribution is -0.0721. The minimum Gasteiger partial charge on any atom is -0.376 e. The van der Waals surface area contributed by atoms with Crippen molar-refractivity contribution >= 4 is 5.96 Å². The maximum atomic E-state index is 6.16. The number of benzene rings is 1. The number of likely N-dealkylation sites (N-methyl/N-ethyl adjacent to an activating group) is 1. The van der Waals surface area contributed by atoms with E-state index in [1.54, 1.807) is 0 Å². The van der Waals surface area contributed by atoms with Crippen LogP contribution in [0, 0.1) is 6.92 Å². The molecule has 2 aliphatic rings. The van der Waals surface area contributed by atoms with Gasteiger partial charge in [0, 0.05) is 33.3 Å². The van der Waals surface area contributed by atoms with Crippen molar-refractivity contribution in [3.8, 4) is 0 Å². The van der Waals surface area contributed by atoms with Crippen LogP contribution in [0.1, 0.15) is 49.3 Å². The van der Waals surface area contributed by atoms with E-state index in [4.69, 9.17) is 9.47 Å². The third-order valence-corrected chi connectivity index (χ3v) is 6.28. The number of piperidine rings is 1. The average molecular weight is 417 g/mol. The molecule has 2 atom stereocenters. The lowest BCUT2D eigenvalue weighted by Crippen LogP contribution is -2.48. The second-order valence-corrected chi connectivity index (χ2v) is 8.83. The van der Waals surface area contributed by atoms with E-state index < -0.39 is 0 Å². The van der Waals surface area contributed by atoms with Crippen LogP contribution in [0.2, 0.25) is 0 Å². The van der Waals surface area contributed by atoms with Crippen molar-refractivity contribution in [2.75, 3.05) is 54.0 Å². The maximum absolute atomic E-state index is 6.16. The average Bonchev–Trinajstić information content (AvgIpc) is 2.77. The van der Waals surface area contributed by atoms with E-state index in [-0.39, 0.29) is 0 Å². The molecule has 3 rings (SSSR count). The monoisotopic (exact) mass is 416 g/mol. The number of guanidine groups is 1. The number of nitrogens with one attached hydrogen (secondary N) is 1. The summed E-state index contributed by atoms with van der Waals surface area (Å²) in [6, 6.07) is 9.12. The van der Waals surface area contributed by atoms with Crippen molar-refractivity contribution in [2.24, 2.45) is 4.99 Å². The standard InChI is InChI=1S/C24H40N4O2/c1-19-8-10-20(11-9-19)23(27(3)4)17-26-24(25-2)28-14-12-21(13-15-28)30-18-22-7-5-6-16-29-22/h8-11,21-23H,5-7,12-18H2,1-4H3,(H,25,26). The molecule has 6 heteroatoms. The zero-order valence-electron chi connectivity index (χ0n) is 19.3. The predicted octanol–water partition coefficient (Wildman–Crippen LogP) is 3.22. The Morgan fingerprint density at radius 1 is 1.20 bits per heavy atom. The molecule has 0 aromatic heterocycles. The largest absolute Gasteiger partial charge is 0.376 e. The summed E-state index contributed by atoms with van der Waals surface area (Å²) in [4.78, 5) is 9.17. The van der Waals surface area contributed by atoms with Gasteiger partial charge in [-0.05, 0) is 58.7 Å². The van der Waals surface area contributed by atoms with Gasteiger partial charge in [0.2, 0.25) is 0 Å². The second kappa shape index (κ2) is 11.7. The Kier molecular flexibility index (Phi) is 8.97. The molecular formula is C24H40N4O2. The highest BCUT2D eigenvalue weighted by atomic mass is 16.5. The van der Waals surface area contributed by atoms with Crippen LogP contribution in [0.5, 0.6) is 0 Å². The first-order valence-corrected chi connectivity index (χ1v) is 11.5. The van der Waals surface area contributed by atoms with Crippen molar-refractivity contribution < 1.29 is 9.47 Å². The molecule has 168 valence electrons. The number of likely N-dealkylation sites (tertiary alicyclic amines) is 1. The second-order valence-electron chi connectivity index (χ2n) is 8.83. The third-order valence-electron chi connectivity index (χ3n) is 6.28. The zero-order valence-corrected chi connectivity index (χ0v) is 19.3. The van der Waals surface area contributed by atoms with E-state index in [0.717, 1.165) is 58.1 Å². The fourth-order valence-electron chi connectivity index (χ4n) is 4.32. The molecule has 0 aliphatic carbocycles. The molecule has 2 saturated heterocycles. The Balaban J connectivity index is 1.45. The molecule has 2 unspecified atom stereocenters. The predicted molar refractivity (Wildman–Crippen MR) is 123 cm³/mol. The van der Waals surface area contributed by atoms with Gasteiger partial charge in [0.25, 0.3) is 0 Å². The molecular weight excluding hydrogens is 376 g/mol. The van der Waals surface area contributed by atoms with Gasteiger partial charge in [-0.3, -0.25) is 4.99 Å². The minimum atomic E-state index is 0.302. The van der Waals surface area contributed by atoms with Gasteiger partial charge in [-0.25, -0.2) is 0 Å². The Labute approximate surface area is 182 Å². The highest BCUT2D eigenvalue weighted by Crippen LogP contribution is 2.20. The lowest BCUT2D eigenvalue weighted by atomic mass is 10.0. The van der Waals surface area contributed by atoms with Crippen LogP contribution in [0.4, 0.5) is 0 Å². The van der Waals surface area contributed by atoms with E-state index in [9.17, 15) is 0 Å². The molecule has 2 fully saturated rings. The normalized spacial score (nSPS) is 22.4. The van der Waals surface area contributed by atoms with Crippen LogP contribution in [0.25, 0.3) is 0 Å². The van der Waals surface area contributed by atoms with Gasteiger partial charge in [-0.1, -0.05) is 29.8 Å². The number of aryl methyl sites for hydroxylation is 1. The molecule has 1 N–H and O–H groups in total. The van der Waals surface area contributed by atoms with Crippen LogP contribution in [0.15, 0.2) is 29.3 Å². The first-order valence-electron chi connectivity index (χ1n) is 11.5. The molecule has 1 aromatic rings. The summed E-state index contributed by atoms with van der Waals surface area (Å²) in [5, 5.41) is 3.61. The molecule has 0 bridgehead atoms. The zero-order chi connectivity index (χ0) is 21.3. The van der Waals surface area contributed by atoms with Crippen molar-refractivity contribution in [3.05, 3.63) is 35.4 Å². The number of rotatable bonds is 7. The van der Waals surface area contributed by atoms with Crippen molar-refractivity contribution in [1.29, 1.82) is 0 Å². The van der Waals surface area contributed by atoms with Crippen LogP contribution in [-0.2, 0) is 9.47 Å². The van der Waals surface area contributed by atoms with Crippen LogP contribution < -0.4 is 5.32 Å². The van der Waals surface area contributed by atoms with Crippen LogP contribution in [0.3, 0.4) is 0 Å². The number of ether oxygens (including phenoxy) is 2. The molecule has 0 radical (unpaired) electrons. The Hall–Kier alpha value is -1.63. The number of aliphatic imine (C=N–C) groups is 1. The summed E-state index contributed by atoms with van der Waals surface area (Å²) < 4.78 is 12.0. The highest BCUT2D eigenvalue weighted by molar-refractivity contribution is 5.80. The molecule has 6 nitrogen and oxygen atoms in total. The van der Waals surface area contributed by atoms with E-state index in [1.807, 2.05) is 7.05 Å². The Morgan fingerprint density at radius 2 is 1.93 bits per heavy atom. The van der Waals surface area contributed by atoms with Crippen LogP contribution in [-0.4, -0.2) is 82.0 Å². The molecule has 30 heavy (non-hydrogen) atoms. The van der Waals surface area contributed by atoms with Gasteiger partial charge < -0.3 is 24.6 Å². The van der Waals surface area contributed by atoms with Crippen molar-refractivity contribution in [3.63, 3.8) is 0 Å². The molecule has 1 aromatic carbocycles.